The van der Waals surface area contributed by atoms with Crippen LogP contribution in [0, 0.1) is 5.41 Å². The van der Waals surface area contributed by atoms with Crippen LogP contribution >= 0.6 is 0 Å². The Morgan fingerprint density at radius 3 is 2.65 bits per heavy atom. The van der Waals surface area contributed by atoms with Gasteiger partial charge in [0.15, 0.2) is 0 Å². The van der Waals surface area contributed by atoms with Gasteiger partial charge in [0.25, 0.3) is 0 Å². The molecular weight excluding hydrogens is 216 g/mol. The molecule has 17 heavy (non-hydrogen) atoms. The normalized spacial score (nSPS) is 37.2. The lowest BCUT2D eigenvalue weighted by molar-refractivity contribution is -0.165. The number of nitrogens with zero attached hydrogens (tertiary/aromatic N) is 1. The van der Waals surface area contributed by atoms with Crippen LogP contribution in [0.25, 0.3) is 0 Å². The van der Waals surface area contributed by atoms with Crippen molar-refractivity contribution in [3.05, 3.63) is 0 Å². The van der Waals surface area contributed by atoms with Crippen LogP contribution in [0.5, 0.6) is 0 Å². The van der Waals surface area contributed by atoms with Gasteiger partial charge >= 0.3 is 0 Å². The second-order valence-corrected chi connectivity index (χ2v) is 6.36. The van der Waals surface area contributed by atoms with Crippen LogP contribution in [-0.4, -0.2) is 48.7 Å². The molecule has 4 heteroatoms. The van der Waals surface area contributed by atoms with Crippen LogP contribution in [-0.2, 0) is 9.53 Å². The molecule has 2 rings (SSSR count). The van der Waals surface area contributed by atoms with Gasteiger partial charge in [-0.05, 0) is 40.7 Å². The van der Waals surface area contributed by atoms with Gasteiger partial charge in [-0.3, -0.25) is 4.79 Å². The number of amides is 1. The van der Waals surface area contributed by atoms with Crippen LogP contribution in [0.4, 0.5) is 0 Å². The lowest BCUT2D eigenvalue weighted by atomic mass is 9.87. The molecule has 4 nitrogen and oxygen atoms in total. The van der Waals surface area contributed by atoms with Gasteiger partial charge in [0, 0.05) is 19.6 Å². The summed E-state index contributed by atoms with van der Waals surface area (Å²) in [5.74, 6) is 0.283. The maximum atomic E-state index is 12.6. The molecule has 1 N–H and O–H groups in total. The average molecular weight is 240 g/mol. The number of nitrogens with one attached hydrogen (secondary N) is 1. The highest BCUT2D eigenvalue weighted by atomic mass is 16.5. The lowest BCUT2D eigenvalue weighted by Crippen LogP contribution is -2.57. The Balaban J connectivity index is 2.09. The molecule has 98 valence electrons. The highest BCUT2D eigenvalue weighted by Crippen LogP contribution is 2.30. The van der Waals surface area contributed by atoms with E-state index in [9.17, 15) is 4.79 Å². The smallest absolute Gasteiger partial charge is 0.230 e. The standard InChI is InChI=1S/C13H24N2O2/c1-10-7-15(9-12(2,3)17-10)11(16)13(4)5-6-14-8-13/h10,14H,5-9H2,1-4H3/t10-,13+/m0/s1. The maximum absolute atomic E-state index is 12.6. The Kier molecular flexibility index (Phi) is 3.21. The molecule has 2 atom stereocenters. The number of hydrogen-bond donors (Lipinski definition) is 1. The SMILES string of the molecule is C[C@H]1CN(C(=O)[C@]2(C)CCNC2)CC(C)(C)O1. The summed E-state index contributed by atoms with van der Waals surface area (Å²) >= 11 is 0. The Morgan fingerprint density at radius 2 is 2.12 bits per heavy atom. The molecule has 2 saturated heterocycles. The van der Waals surface area contributed by atoms with Gasteiger partial charge < -0.3 is 15.0 Å². The molecule has 2 heterocycles. The summed E-state index contributed by atoms with van der Waals surface area (Å²) in [4.78, 5) is 14.6. The highest BCUT2D eigenvalue weighted by molar-refractivity contribution is 5.83. The zero-order chi connectivity index (χ0) is 12.7. The van der Waals surface area contributed by atoms with Gasteiger partial charge in [0.05, 0.1) is 17.1 Å². The summed E-state index contributed by atoms with van der Waals surface area (Å²) in [6.07, 6.45) is 1.07. The van der Waals surface area contributed by atoms with Crippen molar-refractivity contribution in [3.8, 4) is 0 Å². The first kappa shape index (κ1) is 12.8. The van der Waals surface area contributed by atoms with Crippen LogP contribution in [0.2, 0.25) is 0 Å². The zero-order valence-electron chi connectivity index (χ0n) is 11.4. The summed E-state index contributed by atoms with van der Waals surface area (Å²) in [7, 11) is 0. The van der Waals surface area contributed by atoms with Crippen molar-refractivity contribution in [1.29, 1.82) is 0 Å². The number of carbonyl (C=O) groups is 1. The van der Waals surface area contributed by atoms with Gasteiger partial charge in [-0.25, -0.2) is 0 Å². The van der Waals surface area contributed by atoms with E-state index < -0.39 is 0 Å². The van der Waals surface area contributed by atoms with E-state index in [0.29, 0.717) is 6.54 Å². The van der Waals surface area contributed by atoms with Crippen molar-refractivity contribution in [2.75, 3.05) is 26.2 Å². The minimum Gasteiger partial charge on any atom is -0.369 e. The molecule has 0 bridgehead atoms. The van der Waals surface area contributed by atoms with Crippen LogP contribution < -0.4 is 5.32 Å². The predicted octanol–water partition coefficient (Wildman–Crippen LogP) is 1.01. The Hall–Kier alpha value is -0.610. The fourth-order valence-corrected chi connectivity index (χ4v) is 2.99. The molecule has 2 aliphatic heterocycles. The van der Waals surface area contributed by atoms with Crippen molar-refractivity contribution in [2.45, 2.75) is 45.8 Å². The van der Waals surface area contributed by atoms with Crippen molar-refractivity contribution < 1.29 is 9.53 Å². The first-order valence-electron chi connectivity index (χ1n) is 6.50. The Morgan fingerprint density at radius 1 is 1.41 bits per heavy atom. The molecule has 2 fully saturated rings. The van der Waals surface area contributed by atoms with E-state index in [2.05, 4.69) is 26.1 Å². The Bertz CT molecular complexity index is 309. The van der Waals surface area contributed by atoms with Gasteiger partial charge in [-0.15, -0.1) is 0 Å². The van der Waals surface area contributed by atoms with Crippen molar-refractivity contribution in [2.24, 2.45) is 5.41 Å². The molecule has 0 aromatic carbocycles. The molecule has 0 radical (unpaired) electrons. The van der Waals surface area contributed by atoms with Gasteiger partial charge in [0.2, 0.25) is 5.91 Å². The van der Waals surface area contributed by atoms with Gasteiger partial charge in [-0.2, -0.15) is 0 Å². The summed E-state index contributed by atoms with van der Waals surface area (Å²) in [5, 5.41) is 3.29. The van der Waals surface area contributed by atoms with Crippen LogP contribution in [0.15, 0.2) is 0 Å². The minimum atomic E-state index is -0.226. The largest absolute Gasteiger partial charge is 0.369 e. The van der Waals surface area contributed by atoms with E-state index >= 15 is 0 Å². The van der Waals surface area contributed by atoms with Gasteiger partial charge in [-0.1, -0.05) is 0 Å². The molecule has 0 aromatic rings. The van der Waals surface area contributed by atoms with E-state index in [4.69, 9.17) is 4.74 Å². The predicted molar refractivity (Wildman–Crippen MR) is 66.8 cm³/mol. The first-order valence-corrected chi connectivity index (χ1v) is 6.50. The minimum absolute atomic E-state index is 0.126. The lowest BCUT2D eigenvalue weighted by Gasteiger charge is -2.44. The van der Waals surface area contributed by atoms with E-state index in [-0.39, 0.29) is 23.0 Å². The van der Waals surface area contributed by atoms with E-state index in [1.165, 1.54) is 0 Å². The molecule has 0 spiro atoms. The topological polar surface area (TPSA) is 41.6 Å². The molecule has 0 aliphatic carbocycles. The van der Waals surface area contributed by atoms with E-state index in [1.54, 1.807) is 0 Å². The second kappa shape index (κ2) is 4.25. The van der Waals surface area contributed by atoms with Crippen molar-refractivity contribution in [1.82, 2.24) is 10.2 Å². The zero-order valence-corrected chi connectivity index (χ0v) is 11.4. The van der Waals surface area contributed by atoms with E-state index in [1.807, 2.05) is 11.8 Å². The van der Waals surface area contributed by atoms with Crippen LogP contribution in [0.3, 0.4) is 0 Å². The average Bonchev–Trinajstić information content (AvgIpc) is 2.62. The number of ether oxygens (including phenoxy) is 1. The number of hydrogen-bond acceptors (Lipinski definition) is 3. The fourth-order valence-electron chi connectivity index (χ4n) is 2.99. The quantitative estimate of drug-likeness (QED) is 0.744. The second-order valence-electron chi connectivity index (χ2n) is 6.36. The van der Waals surface area contributed by atoms with E-state index in [0.717, 1.165) is 26.1 Å². The van der Waals surface area contributed by atoms with Gasteiger partial charge in [0.1, 0.15) is 0 Å². The maximum Gasteiger partial charge on any atom is 0.230 e. The van der Waals surface area contributed by atoms with Crippen LogP contribution in [0.1, 0.15) is 34.1 Å². The molecule has 0 unspecified atom stereocenters. The van der Waals surface area contributed by atoms with Crippen molar-refractivity contribution in [3.63, 3.8) is 0 Å². The molecule has 0 saturated carbocycles. The molecular formula is C13H24N2O2. The summed E-state index contributed by atoms with van der Waals surface area (Å²) < 4.78 is 5.84. The fraction of sp³-hybridized carbons (Fsp3) is 0.923. The third kappa shape index (κ3) is 2.63. The number of morpholine rings is 1. The number of rotatable bonds is 1. The molecule has 1 amide bonds. The third-order valence-corrected chi connectivity index (χ3v) is 3.74. The highest BCUT2D eigenvalue weighted by Gasteiger charge is 2.43. The molecule has 0 aromatic heterocycles. The number of carbonyl (C=O) groups excluding carboxylic acids is 1. The molecule has 2 aliphatic rings. The first-order chi connectivity index (χ1) is 7.82. The summed E-state index contributed by atoms with van der Waals surface area (Å²) in [6, 6.07) is 0. The summed E-state index contributed by atoms with van der Waals surface area (Å²) in [6.45, 7) is 11.4. The van der Waals surface area contributed by atoms with Crippen molar-refractivity contribution >= 4 is 5.91 Å². The monoisotopic (exact) mass is 240 g/mol. The Labute approximate surface area is 104 Å². The third-order valence-electron chi connectivity index (χ3n) is 3.74. The summed E-state index contributed by atoms with van der Waals surface area (Å²) in [5.41, 5.74) is -0.442.